The van der Waals surface area contributed by atoms with E-state index in [9.17, 15) is 4.79 Å². The third-order valence-electron chi connectivity index (χ3n) is 4.70. The number of para-hydroxylation sites is 2. The van der Waals surface area contributed by atoms with Crippen LogP contribution in [-0.4, -0.2) is 26.1 Å². The summed E-state index contributed by atoms with van der Waals surface area (Å²) in [5.74, 6) is -0.131. The Kier molecular flexibility index (Phi) is 5.90. The number of carbonyl (C=O) groups excluding carboxylic acids is 1. The molecule has 1 heterocycles. The Labute approximate surface area is 179 Å². The Bertz CT molecular complexity index is 1120. The fraction of sp³-hybridized carbons (Fsp3) is 0.130. The Morgan fingerprint density at radius 3 is 2.20 bits per heavy atom. The van der Waals surface area contributed by atoms with Crippen molar-refractivity contribution in [2.75, 3.05) is 5.32 Å². The summed E-state index contributed by atoms with van der Waals surface area (Å²) in [5.41, 5.74) is 4.69. The number of nitrogens with one attached hydrogen (secondary N) is 1. The Morgan fingerprint density at radius 2 is 1.53 bits per heavy atom. The van der Waals surface area contributed by atoms with Crippen molar-refractivity contribution in [1.82, 2.24) is 20.2 Å². The normalized spacial score (nSPS) is 11.8. The lowest BCUT2D eigenvalue weighted by molar-refractivity contribution is -0.115. The molecule has 0 aliphatic rings. The zero-order chi connectivity index (χ0) is 20.9. The van der Waals surface area contributed by atoms with Gasteiger partial charge in [0, 0.05) is 5.69 Å². The topological polar surface area (TPSA) is 72.7 Å². The van der Waals surface area contributed by atoms with Gasteiger partial charge in [-0.05, 0) is 53.1 Å². The van der Waals surface area contributed by atoms with Crippen LogP contribution in [-0.2, 0) is 4.79 Å². The zero-order valence-electron chi connectivity index (χ0n) is 16.7. The monoisotopic (exact) mass is 415 g/mol. The molecule has 0 saturated heterocycles. The van der Waals surface area contributed by atoms with Crippen LogP contribution in [0.25, 0.3) is 5.69 Å². The van der Waals surface area contributed by atoms with E-state index in [-0.39, 0.29) is 5.91 Å². The largest absolute Gasteiger partial charge is 0.325 e. The van der Waals surface area contributed by atoms with Crippen molar-refractivity contribution in [3.63, 3.8) is 0 Å². The van der Waals surface area contributed by atoms with Crippen LogP contribution in [0.3, 0.4) is 0 Å². The molecule has 1 aromatic heterocycles. The van der Waals surface area contributed by atoms with Crippen LogP contribution in [0.4, 0.5) is 5.69 Å². The van der Waals surface area contributed by atoms with Gasteiger partial charge in [0.25, 0.3) is 0 Å². The van der Waals surface area contributed by atoms with Gasteiger partial charge in [0.1, 0.15) is 5.25 Å². The Balaban J connectivity index is 1.69. The molecule has 4 aromatic rings. The summed E-state index contributed by atoms with van der Waals surface area (Å²) in [5, 5.41) is 15.3. The van der Waals surface area contributed by atoms with Crippen molar-refractivity contribution in [1.29, 1.82) is 0 Å². The molecule has 1 unspecified atom stereocenters. The number of hydrogen-bond donors (Lipinski definition) is 1. The molecule has 7 heteroatoms. The minimum Gasteiger partial charge on any atom is -0.325 e. The Morgan fingerprint density at radius 1 is 0.900 bits per heavy atom. The third-order valence-corrected chi connectivity index (χ3v) is 5.88. The summed E-state index contributed by atoms with van der Waals surface area (Å²) >= 11 is 1.33. The fourth-order valence-electron chi connectivity index (χ4n) is 3.27. The van der Waals surface area contributed by atoms with E-state index in [0.717, 1.165) is 28.1 Å². The van der Waals surface area contributed by atoms with E-state index in [1.807, 2.05) is 92.7 Å². The van der Waals surface area contributed by atoms with Crippen molar-refractivity contribution in [2.45, 2.75) is 24.3 Å². The molecule has 0 aliphatic heterocycles. The van der Waals surface area contributed by atoms with E-state index in [2.05, 4.69) is 20.8 Å². The van der Waals surface area contributed by atoms with Gasteiger partial charge in [-0.15, -0.1) is 5.10 Å². The van der Waals surface area contributed by atoms with E-state index in [1.54, 1.807) is 4.68 Å². The molecule has 0 bridgehead atoms. The Hall–Kier alpha value is -3.45. The van der Waals surface area contributed by atoms with E-state index in [0.29, 0.717) is 5.16 Å². The standard InChI is InChI=1S/C23H21N5OS/c1-16-10-9-11-17(2)20(16)28-23(25-26-27-28)30-21(18-12-5-3-6-13-18)22(29)24-19-14-7-4-8-15-19/h3-15,21H,1-2H3,(H,24,29). The first-order valence-electron chi connectivity index (χ1n) is 9.56. The molecule has 1 N–H and O–H groups in total. The lowest BCUT2D eigenvalue weighted by atomic mass is 10.1. The number of anilines is 1. The van der Waals surface area contributed by atoms with Crippen LogP contribution in [0.15, 0.2) is 84.0 Å². The third kappa shape index (κ3) is 4.26. The maximum Gasteiger partial charge on any atom is 0.242 e. The van der Waals surface area contributed by atoms with Crippen molar-refractivity contribution in [3.05, 3.63) is 95.6 Å². The van der Waals surface area contributed by atoms with Crippen molar-refractivity contribution in [2.24, 2.45) is 0 Å². The second kappa shape index (κ2) is 8.92. The lowest BCUT2D eigenvalue weighted by Crippen LogP contribution is -2.19. The number of hydrogen-bond acceptors (Lipinski definition) is 5. The first-order valence-corrected chi connectivity index (χ1v) is 10.4. The molecular weight excluding hydrogens is 394 g/mol. The second-order valence-electron chi connectivity index (χ2n) is 6.88. The summed E-state index contributed by atoms with van der Waals surface area (Å²) < 4.78 is 1.71. The molecule has 3 aromatic carbocycles. The summed E-state index contributed by atoms with van der Waals surface area (Å²) in [6.45, 7) is 4.05. The minimum atomic E-state index is -0.513. The molecular formula is C23H21N5OS. The highest BCUT2D eigenvalue weighted by molar-refractivity contribution is 8.00. The SMILES string of the molecule is Cc1cccc(C)c1-n1nnnc1SC(C(=O)Nc1ccccc1)c1ccccc1. The van der Waals surface area contributed by atoms with Crippen LogP contribution in [0.5, 0.6) is 0 Å². The van der Waals surface area contributed by atoms with Gasteiger partial charge in [0.2, 0.25) is 11.1 Å². The molecule has 1 amide bonds. The number of carbonyl (C=O) groups is 1. The highest BCUT2D eigenvalue weighted by Crippen LogP contribution is 2.36. The van der Waals surface area contributed by atoms with Gasteiger partial charge in [-0.2, -0.15) is 4.68 Å². The van der Waals surface area contributed by atoms with Gasteiger partial charge in [0.15, 0.2) is 0 Å². The summed E-state index contributed by atoms with van der Waals surface area (Å²) in [4.78, 5) is 13.2. The number of thioether (sulfide) groups is 1. The highest BCUT2D eigenvalue weighted by atomic mass is 32.2. The van der Waals surface area contributed by atoms with Crippen LogP contribution >= 0.6 is 11.8 Å². The first-order chi connectivity index (χ1) is 14.6. The van der Waals surface area contributed by atoms with E-state index in [1.165, 1.54) is 11.8 Å². The van der Waals surface area contributed by atoms with Crippen molar-refractivity contribution >= 4 is 23.4 Å². The molecule has 0 saturated carbocycles. The average molecular weight is 416 g/mol. The average Bonchev–Trinajstić information content (AvgIpc) is 3.21. The maximum atomic E-state index is 13.2. The number of aryl methyl sites for hydroxylation is 2. The molecule has 150 valence electrons. The molecule has 0 fully saturated rings. The number of aromatic nitrogens is 4. The molecule has 0 aliphatic carbocycles. The molecule has 6 nitrogen and oxygen atoms in total. The van der Waals surface area contributed by atoms with E-state index >= 15 is 0 Å². The van der Waals surface area contributed by atoms with Gasteiger partial charge < -0.3 is 5.32 Å². The molecule has 0 radical (unpaired) electrons. The zero-order valence-corrected chi connectivity index (χ0v) is 17.5. The van der Waals surface area contributed by atoms with Gasteiger partial charge in [-0.3, -0.25) is 4.79 Å². The minimum absolute atomic E-state index is 0.131. The van der Waals surface area contributed by atoms with Crippen LogP contribution < -0.4 is 5.32 Å². The number of tetrazole rings is 1. The molecule has 30 heavy (non-hydrogen) atoms. The quantitative estimate of drug-likeness (QED) is 0.460. The van der Waals surface area contributed by atoms with Crippen LogP contribution in [0, 0.1) is 13.8 Å². The molecule has 1 atom stereocenters. The summed E-state index contributed by atoms with van der Waals surface area (Å²) in [6, 6.07) is 25.1. The number of benzene rings is 3. The fourth-order valence-corrected chi connectivity index (χ4v) is 4.25. The first kappa shape index (κ1) is 19.8. The van der Waals surface area contributed by atoms with E-state index in [4.69, 9.17) is 0 Å². The van der Waals surface area contributed by atoms with E-state index < -0.39 is 5.25 Å². The smallest absolute Gasteiger partial charge is 0.242 e. The van der Waals surface area contributed by atoms with Crippen molar-refractivity contribution in [3.8, 4) is 5.69 Å². The lowest BCUT2D eigenvalue weighted by Gasteiger charge is -2.17. The predicted molar refractivity (Wildman–Crippen MR) is 119 cm³/mol. The summed E-state index contributed by atoms with van der Waals surface area (Å²) in [7, 11) is 0. The number of rotatable bonds is 6. The van der Waals surface area contributed by atoms with Gasteiger partial charge >= 0.3 is 0 Å². The van der Waals surface area contributed by atoms with Crippen molar-refractivity contribution < 1.29 is 4.79 Å². The van der Waals surface area contributed by atoms with Crippen LogP contribution in [0.1, 0.15) is 21.9 Å². The van der Waals surface area contributed by atoms with Gasteiger partial charge in [-0.1, -0.05) is 78.5 Å². The number of nitrogens with zero attached hydrogens (tertiary/aromatic N) is 4. The van der Waals surface area contributed by atoms with Gasteiger partial charge in [-0.25, -0.2) is 0 Å². The summed E-state index contributed by atoms with van der Waals surface area (Å²) in [6.07, 6.45) is 0. The second-order valence-corrected chi connectivity index (χ2v) is 7.95. The molecule has 4 rings (SSSR count). The number of amides is 1. The highest BCUT2D eigenvalue weighted by Gasteiger charge is 2.26. The van der Waals surface area contributed by atoms with Crippen LogP contribution in [0.2, 0.25) is 0 Å². The van der Waals surface area contributed by atoms with Gasteiger partial charge in [0.05, 0.1) is 5.69 Å². The molecule has 0 spiro atoms. The predicted octanol–water partition coefficient (Wildman–Crippen LogP) is 4.75. The maximum absolute atomic E-state index is 13.2.